The molecule has 0 aromatic heterocycles. The van der Waals surface area contributed by atoms with Crippen LogP contribution in [0.1, 0.15) is 33.6 Å². The molecular formula is C20H27N3O6. The lowest BCUT2D eigenvalue weighted by Gasteiger charge is -2.27. The molecule has 1 aromatic carbocycles. The molecule has 158 valence electrons. The normalized spacial score (nSPS) is 20.4. The molecule has 1 N–H and O–H groups in total. The average Bonchev–Trinajstić information content (AvgIpc) is 3.09. The van der Waals surface area contributed by atoms with E-state index in [1.54, 1.807) is 49.9 Å². The first kappa shape index (κ1) is 21.1. The Bertz CT molecular complexity index is 758. The van der Waals surface area contributed by atoms with Crippen molar-refractivity contribution in [2.75, 3.05) is 36.5 Å². The van der Waals surface area contributed by atoms with Gasteiger partial charge in [0.1, 0.15) is 18.2 Å². The van der Waals surface area contributed by atoms with Crippen LogP contribution >= 0.6 is 0 Å². The highest BCUT2D eigenvalue weighted by Crippen LogP contribution is 2.23. The largest absolute Gasteiger partial charge is 0.528 e. The van der Waals surface area contributed by atoms with Gasteiger partial charge in [-0.15, -0.1) is 5.06 Å². The molecule has 0 bridgehead atoms. The zero-order valence-corrected chi connectivity index (χ0v) is 17.0. The van der Waals surface area contributed by atoms with Gasteiger partial charge >= 0.3 is 6.16 Å². The van der Waals surface area contributed by atoms with Gasteiger partial charge in [0, 0.05) is 24.5 Å². The van der Waals surface area contributed by atoms with Crippen molar-refractivity contribution >= 4 is 29.3 Å². The third-order valence-corrected chi connectivity index (χ3v) is 4.52. The van der Waals surface area contributed by atoms with Crippen molar-refractivity contribution in [2.24, 2.45) is 0 Å². The van der Waals surface area contributed by atoms with E-state index in [0.29, 0.717) is 31.8 Å². The minimum absolute atomic E-state index is 0.0770. The third-order valence-electron chi connectivity index (χ3n) is 4.52. The van der Waals surface area contributed by atoms with Crippen molar-refractivity contribution in [1.82, 2.24) is 5.06 Å². The second kappa shape index (κ2) is 8.79. The molecule has 29 heavy (non-hydrogen) atoms. The van der Waals surface area contributed by atoms with E-state index in [1.165, 1.54) is 5.06 Å². The highest BCUT2D eigenvalue weighted by atomic mass is 16.8. The Labute approximate surface area is 169 Å². The highest BCUT2D eigenvalue weighted by molar-refractivity contribution is 5.97. The summed E-state index contributed by atoms with van der Waals surface area (Å²) in [6.07, 6.45) is 0.491. The van der Waals surface area contributed by atoms with E-state index >= 15 is 0 Å². The molecule has 9 heteroatoms. The first-order valence-electron chi connectivity index (χ1n) is 9.69. The maximum absolute atomic E-state index is 12.7. The molecule has 2 saturated heterocycles. The predicted molar refractivity (Wildman–Crippen MR) is 105 cm³/mol. The number of benzene rings is 1. The maximum atomic E-state index is 12.7. The zero-order valence-electron chi connectivity index (χ0n) is 17.0. The molecule has 0 aliphatic carbocycles. The van der Waals surface area contributed by atoms with Crippen LogP contribution < -0.4 is 10.2 Å². The van der Waals surface area contributed by atoms with Crippen molar-refractivity contribution in [3.05, 3.63) is 24.3 Å². The average molecular weight is 405 g/mol. The van der Waals surface area contributed by atoms with Crippen LogP contribution in [0.3, 0.4) is 0 Å². The van der Waals surface area contributed by atoms with Crippen molar-refractivity contribution in [3.63, 3.8) is 0 Å². The number of hydrogen-bond donors (Lipinski definition) is 1. The molecule has 0 spiro atoms. The van der Waals surface area contributed by atoms with Crippen LogP contribution in [0.2, 0.25) is 0 Å². The monoisotopic (exact) mass is 405 g/mol. The van der Waals surface area contributed by atoms with E-state index in [2.05, 4.69) is 5.32 Å². The number of nitrogens with zero attached hydrogens (tertiary/aromatic N) is 2. The Hall–Kier alpha value is -2.65. The van der Waals surface area contributed by atoms with Crippen LogP contribution in [0.5, 0.6) is 0 Å². The molecule has 0 radical (unpaired) electrons. The summed E-state index contributed by atoms with van der Waals surface area (Å²) >= 11 is 0. The summed E-state index contributed by atoms with van der Waals surface area (Å²) in [4.78, 5) is 43.4. The summed E-state index contributed by atoms with van der Waals surface area (Å²) in [5.74, 6) is -0.352. The second-order valence-corrected chi connectivity index (χ2v) is 7.99. The van der Waals surface area contributed by atoms with E-state index in [0.717, 1.165) is 12.1 Å². The van der Waals surface area contributed by atoms with Gasteiger partial charge in [-0.05, 0) is 57.9 Å². The van der Waals surface area contributed by atoms with Gasteiger partial charge in [0.15, 0.2) is 0 Å². The Balaban J connectivity index is 1.57. The summed E-state index contributed by atoms with van der Waals surface area (Å²) in [5.41, 5.74) is 0.689. The van der Waals surface area contributed by atoms with Gasteiger partial charge in [0.05, 0.1) is 6.61 Å². The van der Waals surface area contributed by atoms with Gasteiger partial charge in [-0.3, -0.25) is 9.59 Å². The molecule has 9 nitrogen and oxygen atoms in total. The van der Waals surface area contributed by atoms with Gasteiger partial charge in [0.2, 0.25) is 5.91 Å². The maximum Gasteiger partial charge on any atom is 0.528 e. The van der Waals surface area contributed by atoms with E-state index in [1.807, 2.05) is 0 Å². The number of amides is 2. The fourth-order valence-corrected chi connectivity index (χ4v) is 3.22. The molecule has 2 aliphatic heterocycles. The molecule has 3 rings (SSSR count). The Morgan fingerprint density at radius 3 is 2.55 bits per heavy atom. The molecule has 2 fully saturated rings. The number of anilines is 2. The van der Waals surface area contributed by atoms with E-state index in [9.17, 15) is 14.4 Å². The van der Waals surface area contributed by atoms with E-state index in [-0.39, 0.29) is 18.4 Å². The van der Waals surface area contributed by atoms with Crippen LogP contribution in [-0.2, 0) is 23.9 Å². The molecule has 2 amide bonds. The minimum Gasteiger partial charge on any atom is -0.427 e. The standard InChI is InChI=1S/C20H27N3O6/c1-20(2,3)28-19(26)29-23-10-4-5-16(23)18(25)21-14-6-8-15(9-7-14)22-11-12-27-13-17(22)24/h6-9,16H,4-5,10-13H2,1-3H3,(H,21,25). The first-order valence-corrected chi connectivity index (χ1v) is 9.69. The topological polar surface area (TPSA) is 97.4 Å². The van der Waals surface area contributed by atoms with Gasteiger partial charge in [0.25, 0.3) is 5.91 Å². The highest BCUT2D eigenvalue weighted by Gasteiger charge is 2.35. The van der Waals surface area contributed by atoms with Crippen molar-refractivity contribution in [1.29, 1.82) is 0 Å². The Kier molecular flexibility index (Phi) is 6.39. The van der Waals surface area contributed by atoms with Crippen molar-refractivity contribution in [3.8, 4) is 0 Å². The molecule has 2 aliphatic rings. The van der Waals surface area contributed by atoms with Crippen LogP contribution in [-0.4, -0.2) is 61.0 Å². The molecule has 0 saturated carbocycles. The van der Waals surface area contributed by atoms with E-state index < -0.39 is 17.8 Å². The number of hydroxylamine groups is 2. The molecule has 1 unspecified atom stereocenters. The van der Waals surface area contributed by atoms with Crippen LogP contribution in [0, 0.1) is 0 Å². The van der Waals surface area contributed by atoms with Gasteiger partial charge < -0.3 is 24.5 Å². The molecule has 2 heterocycles. The number of ether oxygens (including phenoxy) is 2. The summed E-state index contributed by atoms with van der Waals surface area (Å²) < 4.78 is 10.3. The number of rotatable bonds is 4. The number of morpholine rings is 1. The summed E-state index contributed by atoms with van der Waals surface area (Å²) in [6.45, 7) is 6.79. The van der Waals surface area contributed by atoms with Crippen LogP contribution in [0.25, 0.3) is 0 Å². The fourth-order valence-electron chi connectivity index (χ4n) is 3.22. The van der Waals surface area contributed by atoms with E-state index in [4.69, 9.17) is 14.3 Å². The lowest BCUT2D eigenvalue weighted by Crippen LogP contribution is -2.42. The fraction of sp³-hybridized carbons (Fsp3) is 0.550. The van der Waals surface area contributed by atoms with Gasteiger partial charge in [-0.1, -0.05) is 0 Å². The first-order chi connectivity index (χ1) is 13.7. The molecule has 1 atom stereocenters. The predicted octanol–water partition coefficient (Wildman–Crippen LogP) is 2.32. The molecule has 1 aromatic rings. The SMILES string of the molecule is CC(C)(C)OC(=O)ON1CCCC1C(=O)Nc1ccc(N2CCOCC2=O)cc1. The summed E-state index contributed by atoms with van der Waals surface area (Å²) in [6, 6.07) is 6.46. The van der Waals surface area contributed by atoms with Crippen molar-refractivity contribution in [2.45, 2.75) is 45.3 Å². The van der Waals surface area contributed by atoms with Crippen LogP contribution in [0.15, 0.2) is 24.3 Å². The Morgan fingerprint density at radius 2 is 1.90 bits per heavy atom. The smallest absolute Gasteiger partial charge is 0.427 e. The zero-order chi connectivity index (χ0) is 21.0. The minimum atomic E-state index is -0.822. The summed E-state index contributed by atoms with van der Waals surface area (Å²) in [5, 5.41) is 4.20. The Morgan fingerprint density at radius 1 is 1.17 bits per heavy atom. The second-order valence-electron chi connectivity index (χ2n) is 7.99. The number of carbonyl (C=O) groups is 3. The van der Waals surface area contributed by atoms with Crippen LogP contribution in [0.4, 0.5) is 16.2 Å². The molecular weight excluding hydrogens is 378 g/mol. The number of hydrogen-bond acceptors (Lipinski definition) is 7. The lowest BCUT2D eigenvalue weighted by atomic mass is 10.2. The third kappa shape index (κ3) is 5.68. The van der Waals surface area contributed by atoms with Gasteiger partial charge in [-0.25, -0.2) is 4.79 Å². The summed E-state index contributed by atoms with van der Waals surface area (Å²) in [7, 11) is 0. The van der Waals surface area contributed by atoms with Crippen molar-refractivity contribution < 1.29 is 28.7 Å². The number of nitrogens with one attached hydrogen (secondary N) is 1. The number of carbonyl (C=O) groups excluding carboxylic acids is 3. The lowest BCUT2D eigenvalue weighted by molar-refractivity contribution is -0.159. The quantitative estimate of drug-likeness (QED) is 0.768. The van der Waals surface area contributed by atoms with Gasteiger partial charge in [-0.2, -0.15) is 0 Å².